The first-order valence-corrected chi connectivity index (χ1v) is 9.09. The van der Waals surface area contributed by atoms with Crippen molar-refractivity contribution < 1.29 is 9.53 Å². The van der Waals surface area contributed by atoms with Crippen molar-refractivity contribution in [2.24, 2.45) is 0 Å². The standard InChI is InChI=1S/C21H21ClN2O3/c1-4-17(21(26)23-14-9-10-19(27-3)16(22)12-14)24-18-8-6-5-7-15(18)13(2)11-20(24)25/h5-12,17H,4H2,1-3H3,(H,23,26). The molecule has 3 rings (SSSR count). The van der Waals surface area contributed by atoms with E-state index in [1.807, 2.05) is 38.1 Å². The van der Waals surface area contributed by atoms with Crippen LogP contribution in [0.4, 0.5) is 5.69 Å². The van der Waals surface area contributed by atoms with Gasteiger partial charge in [-0.25, -0.2) is 0 Å². The molecule has 5 nitrogen and oxygen atoms in total. The van der Waals surface area contributed by atoms with Crippen LogP contribution in [0.15, 0.2) is 53.3 Å². The third-order valence-corrected chi connectivity index (χ3v) is 4.88. The molecular weight excluding hydrogens is 364 g/mol. The molecule has 3 aromatic rings. The van der Waals surface area contributed by atoms with E-state index in [1.165, 1.54) is 7.11 Å². The maximum Gasteiger partial charge on any atom is 0.252 e. The molecule has 2 aromatic carbocycles. The van der Waals surface area contributed by atoms with E-state index in [4.69, 9.17) is 16.3 Å². The topological polar surface area (TPSA) is 60.3 Å². The lowest BCUT2D eigenvalue weighted by atomic mass is 10.1. The monoisotopic (exact) mass is 384 g/mol. The number of halogens is 1. The van der Waals surface area contributed by atoms with E-state index >= 15 is 0 Å². The van der Waals surface area contributed by atoms with Crippen molar-refractivity contribution in [2.45, 2.75) is 26.3 Å². The van der Waals surface area contributed by atoms with E-state index < -0.39 is 6.04 Å². The summed E-state index contributed by atoms with van der Waals surface area (Å²) in [6.45, 7) is 3.78. The Hall–Kier alpha value is -2.79. The highest BCUT2D eigenvalue weighted by atomic mass is 35.5. The van der Waals surface area contributed by atoms with Crippen LogP contribution in [0.3, 0.4) is 0 Å². The number of nitrogens with one attached hydrogen (secondary N) is 1. The molecule has 1 atom stereocenters. The number of carbonyl (C=O) groups is 1. The molecule has 0 aliphatic carbocycles. The fourth-order valence-corrected chi connectivity index (χ4v) is 3.50. The molecule has 0 spiro atoms. The zero-order valence-electron chi connectivity index (χ0n) is 15.5. The van der Waals surface area contributed by atoms with Gasteiger partial charge in [0, 0.05) is 17.1 Å². The number of methoxy groups -OCH3 is 1. The Bertz CT molecular complexity index is 1060. The number of carbonyl (C=O) groups excluding carboxylic acids is 1. The van der Waals surface area contributed by atoms with Crippen LogP contribution in [0, 0.1) is 6.92 Å². The summed E-state index contributed by atoms with van der Waals surface area (Å²) in [5.74, 6) is 0.261. The van der Waals surface area contributed by atoms with Crippen LogP contribution >= 0.6 is 11.6 Å². The van der Waals surface area contributed by atoms with E-state index in [-0.39, 0.29) is 11.5 Å². The van der Waals surface area contributed by atoms with Crippen molar-refractivity contribution in [3.05, 3.63) is 69.5 Å². The second-order valence-corrected chi connectivity index (χ2v) is 6.72. The van der Waals surface area contributed by atoms with Crippen LogP contribution in [0.5, 0.6) is 5.75 Å². The number of para-hydroxylation sites is 1. The first kappa shape index (κ1) is 19.0. The Balaban J connectivity index is 2.00. The van der Waals surface area contributed by atoms with Gasteiger partial charge in [0.25, 0.3) is 5.56 Å². The number of anilines is 1. The lowest BCUT2D eigenvalue weighted by Gasteiger charge is -2.21. The number of benzene rings is 2. The molecular formula is C21H21ClN2O3. The van der Waals surface area contributed by atoms with Crippen molar-refractivity contribution in [2.75, 3.05) is 12.4 Å². The summed E-state index contributed by atoms with van der Waals surface area (Å²) in [7, 11) is 1.53. The number of aryl methyl sites for hydroxylation is 1. The Morgan fingerprint density at radius 1 is 1.22 bits per heavy atom. The summed E-state index contributed by atoms with van der Waals surface area (Å²) in [5, 5.41) is 4.21. The van der Waals surface area contributed by atoms with Crippen LogP contribution in [0.1, 0.15) is 24.9 Å². The number of hydrogen-bond donors (Lipinski definition) is 1. The SMILES string of the molecule is CCC(C(=O)Nc1ccc(OC)c(Cl)c1)n1c(=O)cc(C)c2ccccc21. The second-order valence-electron chi connectivity index (χ2n) is 6.32. The number of pyridine rings is 1. The predicted octanol–water partition coefficient (Wildman–Crippen LogP) is 4.56. The highest BCUT2D eigenvalue weighted by Crippen LogP contribution is 2.28. The molecule has 0 fully saturated rings. The van der Waals surface area contributed by atoms with Crippen LogP contribution in [0.2, 0.25) is 5.02 Å². The van der Waals surface area contributed by atoms with Crippen LogP contribution in [0.25, 0.3) is 10.9 Å². The lowest BCUT2D eigenvalue weighted by Crippen LogP contribution is -2.33. The molecule has 0 aliphatic rings. The molecule has 0 saturated heterocycles. The van der Waals surface area contributed by atoms with Gasteiger partial charge in [0.1, 0.15) is 11.8 Å². The molecule has 0 saturated carbocycles. The molecule has 1 amide bonds. The number of amides is 1. The molecule has 6 heteroatoms. The number of aromatic nitrogens is 1. The first-order chi connectivity index (χ1) is 13.0. The fourth-order valence-electron chi connectivity index (χ4n) is 3.24. The van der Waals surface area contributed by atoms with Crippen molar-refractivity contribution in [1.29, 1.82) is 0 Å². The number of nitrogens with zero attached hydrogens (tertiary/aromatic N) is 1. The number of hydrogen-bond acceptors (Lipinski definition) is 3. The zero-order chi connectivity index (χ0) is 19.6. The van der Waals surface area contributed by atoms with Gasteiger partial charge in [0.15, 0.2) is 0 Å². The summed E-state index contributed by atoms with van der Waals surface area (Å²) in [5.41, 5.74) is 2.00. The minimum absolute atomic E-state index is 0.194. The van der Waals surface area contributed by atoms with Crippen molar-refractivity contribution in [1.82, 2.24) is 4.57 Å². The quantitative estimate of drug-likeness (QED) is 0.701. The highest BCUT2D eigenvalue weighted by Gasteiger charge is 2.22. The van der Waals surface area contributed by atoms with Crippen molar-refractivity contribution in [3.63, 3.8) is 0 Å². The van der Waals surface area contributed by atoms with Gasteiger partial charge in [-0.2, -0.15) is 0 Å². The summed E-state index contributed by atoms with van der Waals surface area (Å²) in [6.07, 6.45) is 0.475. The molecule has 140 valence electrons. The fraction of sp³-hybridized carbons (Fsp3) is 0.238. The maximum atomic E-state index is 12.9. The minimum atomic E-state index is -0.635. The summed E-state index contributed by atoms with van der Waals surface area (Å²) >= 11 is 6.13. The summed E-state index contributed by atoms with van der Waals surface area (Å²) < 4.78 is 6.69. The zero-order valence-corrected chi connectivity index (χ0v) is 16.2. The van der Waals surface area contributed by atoms with Gasteiger partial charge in [-0.1, -0.05) is 36.7 Å². The molecule has 0 bridgehead atoms. The Morgan fingerprint density at radius 2 is 1.96 bits per heavy atom. The molecule has 0 aliphatic heterocycles. The average Bonchev–Trinajstić information content (AvgIpc) is 2.65. The molecule has 1 unspecified atom stereocenters. The van der Waals surface area contributed by atoms with E-state index in [9.17, 15) is 9.59 Å². The minimum Gasteiger partial charge on any atom is -0.495 e. The van der Waals surface area contributed by atoms with Gasteiger partial charge >= 0.3 is 0 Å². The maximum absolute atomic E-state index is 12.9. The van der Waals surface area contributed by atoms with Gasteiger partial charge in [-0.05, 0) is 43.2 Å². The van der Waals surface area contributed by atoms with E-state index in [0.717, 1.165) is 16.5 Å². The van der Waals surface area contributed by atoms with Gasteiger partial charge in [-0.15, -0.1) is 0 Å². The largest absolute Gasteiger partial charge is 0.495 e. The first-order valence-electron chi connectivity index (χ1n) is 8.71. The van der Waals surface area contributed by atoms with Crippen LogP contribution < -0.4 is 15.6 Å². The number of fused-ring (bicyclic) bond motifs is 1. The second kappa shape index (κ2) is 7.84. The predicted molar refractivity (Wildman–Crippen MR) is 109 cm³/mol. The lowest BCUT2D eigenvalue weighted by molar-refractivity contribution is -0.119. The normalized spacial score (nSPS) is 12.0. The third-order valence-electron chi connectivity index (χ3n) is 4.59. The summed E-state index contributed by atoms with van der Waals surface area (Å²) in [4.78, 5) is 25.6. The molecule has 1 aromatic heterocycles. The Labute approximate surface area is 162 Å². The third kappa shape index (κ3) is 3.69. The Kier molecular flexibility index (Phi) is 5.51. The highest BCUT2D eigenvalue weighted by molar-refractivity contribution is 6.32. The molecule has 1 heterocycles. The van der Waals surface area contributed by atoms with E-state index in [2.05, 4.69) is 5.32 Å². The average molecular weight is 385 g/mol. The van der Waals surface area contributed by atoms with Gasteiger partial charge in [0.2, 0.25) is 5.91 Å². The smallest absolute Gasteiger partial charge is 0.252 e. The van der Waals surface area contributed by atoms with E-state index in [0.29, 0.717) is 22.9 Å². The van der Waals surface area contributed by atoms with Gasteiger partial charge < -0.3 is 10.1 Å². The Morgan fingerprint density at radius 3 is 2.63 bits per heavy atom. The van der Waals surface area contributed by atoms with Crippen LogP contribution in [-0.4, -0.2) is 17.6 Å². The van der Waals surface area contributed by atoms with Crippen molar-refractivity contribution >= 4 is 34.1 Å². The molecule has 27 heavy (non-hydrogen) atoms. The van der Waals surface area contributed by atoms with Gasteiger partial charge in [0.05, 0.1) is 17.6 Å². The summed E-state index contributed by atoms with van der Waals surface area (Å²) in [6, 6.07) is 13.6. The molecule has 1 N–H and O–H groups in total. The van der Waals surface area contributed by atoms with Gasteiger partial charge in [-0.3, -0.25) is 14.2 Å². The van der Waals surface area contributed by atoms with E-state index in [1.54, 1.807) is 28.8 Å². The van der Waals surface area contributed by atoms with Crippen molar-refractivity contribution in [3.8, 4) is 5.75 Å². The number of ether oxygens (including phenoxy) is 1. The number of rotatable bonds is 5. The molecule has 0 radical (unpaired) electrons. The van der Waals surface area contributed by atoms with Crippen LogP contribution in [-0.2, 0) is 4.79 Å².